The van der Waals surface area contributed by atoms with E-state index in [0.717, 1.165) is 26.2 Å². The van der Waals surface area contributed by atoms with Crippen LogP contribution in [-0.2, 0) is 4.74 Å². The summed E-state index contributed by atoms with van der Waals surface area (Å²) < 4.78 is 5.84. The van der Waals surface area contributed by atoms with Crippen LogP contribution in [0, 0.1) is 0 Å². The van der Waals surface area contributed by atoms with Crippen LogP contribution < -0.4 is 5.32 Å². The van der Waals surface area contributed by atoms with Crippen LogP contribution in [0.1, 0.15) is 32.6 Å². The molecule has 2 fully saturated rings. The Labute approximate surface area is 104 Å². The lowest BCUT2D eigenvalue weighted by atomic mass is 9.90. The maximum Gasteiger partial charge on any atom is 0.0791 e. The second-order valence-corrected chi connectivity index (χ2v) is 5.22. The topological polar surface area (TPSA) is 44.7 Å². The average Bonchev–Trinajstić information content (AvgIpc) is 2.37. The van der Waals surface area contributed by atoms with Crippen molar-refractivity contribution >= 4 is 0 Å². The SMILES string of the molecule is CCNCC(O)CN1CCOC2CCCCC21. The number of likely N-dealkylation sites (N-methyl/N-ethyl adjacent to an activating group) is 1. The number of nitrogens with one attached hydrogen (secondary N) is 1. The van der Waals surface area contributed by atoms with E-state index in [2.05, 4.69) is 17.1 Å². The van der Waals surface area contributed by atoms with E-state index >= 15 is 0 Å². The number of aliphatic hydroxyl groups excluding tert-OH is 1. The lowest BCUT2D eigenvalue weighted by Gasteiger charge is -2.44. The lowest BCUT2D eigenvalue weighted by Crippen LogP contribution is -2.55. The van der Waals surface area contributed by atoms with E-state index in [1.807, 2.05) is 0 Å². The van der Waals surface area contributed by atoms with Crippen molar-refractivity contribution < 1.29 is 9.84 Å². The molecule has 0 spiro atoms. The predicted octanol–water partition coefficient (Wildman–Crippen LogP) is 0.600. The first kappa shape index (κ1) is 13.3. The Kier molecular flexibility index (Phi) is 5.22. The van der Waals surface area contributed by atoms with Gasteiger partial charge in [-0.15, -0.1) is 0 Å². The first-order chi connectivity index (χ1) is 8.31. The van der Waals surface area contributed by atoms with E-state index in [-0.39, 0.29) is 6.10 Å². The monoisotopic (exact) mass is 242 g/mol. The summed E-state index contributed by atoms with van der Waals surface area (Å²) in [6.07, 6.45) is 5.21. The van der Waals surface area contributed by atoms with E-state index in [4.69, 9.17) is 4.74 Å². The maximum absolute atomic E-state index is 9.98. The number of morpholine rings is 1. The van der Waals surface area contributed by atoms with Crippen molar-refractivity contribution in [2.75, 3.05) is 32.8 Å². The Balaban J connectivity index is 1.81. The van der Waals surface area contributed by atoms with E-state index in [1.54, 1.807) is 0 Å². The van der Waals surface area contributed by atoms with Gasteiger partial charge in [-0.25, -0.2) is 0 Å². The minimum absolute atomic E-state index is 0.254. The number of rotatable bonds is 5. The van der Waals surface area contributed by atoms with Gasteiger partial charge < -0.3 is 15.2 Å². The second-order valence-electron chi connectivity index (χ2n) is 5.22. The molecular weight excluding hydrogens is 216 g/mol. The zero-order valence-electron chi connectivity index (χ0n) is 10.9. The predicted molar refractivity (Wildman–Crippen MR) is 68.1 cm³/mol. The molecule has 0 radical (unpaired) electrons. The Bertz CT molecular complexity index is 223. The van der Waals surface area contributed by atoms with Crippen molar-refractivity contribution in [3.8, 4) is 0 Å². The second kappa shape index (κ2) is 6.69. The number of hydrogen-bond acceptors (Lipinski definition) is 4. The normalized spacial score (nSPS) is 32.1. The standard InChI is InChI=1S/C13H26N2O2/c1-2-14-9-11(16)10-15-7-8-17-13-6-4-3-5-12(13)15/h11-14,16H,2-10H2,1H3. The number of nitrogens with zero attached hydrogens (tertiary/aromatic N) is 1. The van der Waals surface area contributed by atoms with Crippen LogP contribution in [0.25, 0.3) is 0 Å². The summed E-state index contributed by atoms with van der Waals surface area (Å²) in [5, 5.41) is 13.2. The number of aliphatic hydroxyl groups is 1. The third kappa shape index (κ3) is 3.65. The third-order valence-electron chi connectivity index (χ3n) is 3.92. The van der Waals surface area contributed by atoms with Gasteiger partial charge in [0.2, 0.25) is 0 Å². The largest absolute Gasteiger partial charge is 0.390 e. The van der Waals surface area contributed by atoms with E-state index in [9.17, 15) is 5.11 Å². The van der Waals surface area contributed by atoms with Crippen molar-refractivity contribution in [1.82, 2.24) is 10.2 Å². The van der Waals surface area contributed by atoms with Crippen LogP contribution >= 0.6 is 0 Å². The van der Waals surface area contributed by atoms with Gasteiger partial charge in [-0.05, 0) is 19.4 Å². The fraction of sp³-hybridized carbons (Fsp3) is 1.00. The minimum atomic E-state index is -0.254. The van der Waals surface area contributed by atoms with E-state index < -0.39 is 0 Å². The summed E-state index contributed by atoms with van der Waals surface area (Å²) in [6, 6.07) is 0.550. The Morgan fingerprint density at radius 1 is 1.41 bits per heavy atom. The smallest absolute Gasteiger partial charge is 0.0791 e. The van der Waals surface area contributed by atoms with Crippen LogP contribution in [0.5, 0.6) is 0 Å². The van der Waals surface area contributed by atoms with Crippen molar-refractivity contribution in [3.05, 3.63) is 0 Å². The Morgan fingerprint density at radius 2 is 2.24 bits per heavy atom. The number of ether oxygens (including phenoxy) is 1. The Hall–Kier alpha value is -0.160. The van der Waals surface area contributed by atoms with Crippen molar-refractivity contribution in [2.24, 2.45) is 0 Å². The molecule has 1 saturated heterocycles. The van der Waals surface area contributed by atoms with Gasteiger partial charge in [-0.3, -0.25) is 4.90 Å². The van der Waals surface area contributed by atoms with E-state index in [0.29, 0.717) is 18.7 Å². The third-order valence-corrected chi connectivity index (χ3v) is 3.92. The molecule has 0 aromatic rings. The van der Waals surface area contributed by atoms with Crippen LogP contribution in [0.2, 0.25) is 0 Å². The lowest BCUT2D eigenvalue weighted by molar-refractivity contribution is -0.0968. The molecular formula is C13H26N2O2. The molecule has 4 heteroatoms. The first-order valence-electron chi connectivity index (χ1n) is 7.05. The van der Waals surface area contributed by atoms with E-state index in [1.165, 1.54) is 25.7 Å². The molecule has 4 nitrogen and oxygen atoms in total. The molecule has 1 aliphatic carbocycles. The van der Waals surface area contributed by atoms with Gasteiger partial charge in [-0.2, -0.15) is 0 Å². The fourth-order valence-corrected chi connectivity index (χ4v) is 3.05. The minimum Gasteiger partial charge on any atom is -0.390 e. The first-order valence-corrected chi connectivity index (χ1v) is 7.05. The molecule has 1 saturated carbocycles. The highest BCUT2D eigenvalue weighted by Gasteiger charge is 2.34. The van der Waals surface area contributed by atoms with Crippen LogP contribution in [0.15, 0.2) is 0 Å². The summed E-state index contributed by atoms with van der Waals surface area (Å²) >= 11 is 0. The van der Waals surface area contributed by atoms with Gasteiger partial charge in [0.25, 0.3) is 0 Å². The summed E-state index contributed by atoms with van der Waals surface area (Å²) in [5.74, 6) is 0. The molecule has 3 atom stereocenters. The molecule has 2 aliphatic rings. The summed E-state index contributed by atoms with van der Waals surface area (Å²) in [7, 11) is 0. The van der Waals surface area contributed by atoms with Gasteiger partial charge in [0.1, 0.15) is 0 Å². The zero-order valence-corrected chi connectivity index (χ0v) is 10.9. The summed E-state index contributed by atoms with van der Waals surface area (Å²) in [6.45, 7) is 6.28. The highest BCUT2D eigenvalue weighted by atomic mass is 16.5. The number of hydrogen-bond donors (Lipinski definition) is 2. The molecule has 1 aliphatic heterocycles. The molecule has 2 rings (SSSR count). The molecule has 2 N–H and O–H groups in total. The number of β-amino-alcohol motifs (C(OH)–C–C–N with tert-alkyl or cyclic N) is 1. The van der Waals surface area contributed by atoms with Gasteiger partial charge in [-0.1, -0.05) is 19.8 Å². The van der Waals surface area contributed by atoms with Crippen LogP contribution in [0.4, 0.5) is 0 Å². The highest BCUT2D eigenvalue weighted by Crippen LogP contribution is 2.28. The average molecular weight is 242 g/mol. The molecule has 0 aromatic heterocycles. The van der Waals surface area contributed by atoms with Gasteiger partial charge in [0.05, 0.1) is 18.8 Å². The summed E-state index contributed by atoms with van der Waals surface area (Å²) in [4.78, 5) is 2.44. The molecule has 3 unspecified atom stereocenters. The van der Waals surface area contributed by atoms with Crippen LogP contribution in [0.3, 0.4) is 0 Å². The van der Waals surface area contributed by atoms with Gasteiger partial charge in [0.15, 0.2) is 0 Å². The summed E-state index contributed by atoms with van der Waals surface area (Å²) in [5.41, 5.74) is 0. The Morgan fingerprint density at radius 3 is 3.06 bits per heavy atom. The molecule has 0 amide bonds. The highest BCUT2D eigenvalue weighted by molar-refractivity contribution is 4.88. The van der Waals surface area contributed by atoms with Crippen molar-refractivity contribution in [3.63, 3.8) is 0 Å². The zero-order chi connectivity index (χ0) is 12.1. The molecule has 0 aromatic carbocycles. The molecule has 0 bridgehead atoms. The molecule has 1 heterocycles. The quantitative estimate of drug-likeness (QED) is 0.741. The number of fused-ring (bicyclic) bond motifs is 1. The van der Waals surface area contributed by atoms with Crippen molar-refractivity contribution in [2.45, 2.75) is 50.9 Å². The van der Waals surface area contributed by atoms with Gasteiger partial charge >= 0.3 is 0 Å². The van der Waals surface area contributed by atoms with Gasteiger partial charge in [0, 0.05) is 25.7 Å². The molecule has 100 valence electrons. The van der Waals surface area contributed by atoms with Crippen molar-refractivity contribution in [1.29, 1.82) is 0 Å². The maximum atomic E-state index is 9.98. The molecule has 17 heavy (non-hydrogen) atoms. The van der Waals surface area contributed by atoms with Crippen LogP contribution in [-0.4, -0.2) is 61.0 Å². The fourth-order valence-electron chi connectivity index (χ4n) is 3.05.